The highest BCUT2D eigenvalue weighted by Crippen LogP contribution is 2.38. The van der Waals surface area contributed by atoms with E-state index in [0.717, 1.165) is 40.6 Å². The zero-order chi connectivity index (χ0) is 19.1. The molecule has 1 aliphatic rings. The summed E-state index contributed by atoms with van der Waals surface area (Å²) in [5, 5.41) is 8.32. The van der Waals surface area contributed by atoms with Crippen LogP contribution in [0.15, 0.2) is 47.6 Å². The molecule has 2 heterocycles. The van der Waals surface area contributed by atoms with E-state index in [2.05, 4.69) is 57.9 Å². The molecule has 5 heteroatoms. The molecule has 2 aromatic carbocycles. The fourth-order valence-corrected chi connectivity index (χ4v) is 5.39. The summed E-state index contributed by atoms with van der Waals surface area (Å²) in [6.45, 7) is 3.99. The second kappa shape index (κ2) is 6.99. The third kappa shape index (κ3) is 2.96. The van der Waals surface area contributed by atoms with Gasteiger partial charge in [-0.05, 0) is 55.9 Å². The molecule has 5 rings (SSSR count). The van der Waals surface area contributed by atoms with Crippen LogP contribution in [0.3, 0.4) is 0 Å². The van der Waals surface area contributed by atoms with Crippen molar-refractivity contribution in [3.05, 3.63) is 64.3 Å². The molecular formula is C23H22N4S. The highest BCUT2D eigenvalue weighted by molar-refractivity contribution is 7.19. The highest BCUT2D eigenvalue weighted by Gasteiger charge is 2.20. The van der Waals surface area contributed by atoms with Crippen molar-refractivity contribution in [3.8, 4) is 0 Å². The number of hydrogen-bond donors (Lipinski definition) is 1. The van der Waals surface area contributed by atoms with E-state index < -0.39 is 0 Å². The average molecular weight is 387 g/mol. The lowest BCUT2D eigenvalue weighted by Crippen LogP contribution is -2.04. The van der Waals surface area contributed by atoms with Gasteiger partial charge in [-0.3, -0.25) is 5.43 Å². The van der Waals surface area contributed by atoms with Crippen molar-refractivity contribution >= 4 is 43.9 Å². The minimum absolute atomic E-state index is 0.784. The molecule has 0 unspecified atom stereocenters. The van der Waals surface area contributed by atoms with E-state index in [1.807, 2.05) is 25.2 Å². The monoisotopic (exact) mass is 386 g/mol. The molecule has 0 fully saturated rings. The molecule has 140 valence electrons. The third-order valence-corrected chi connectivity index (χ3v) is 6.62. The summed E-state index contributed by atoms with van der Waals surface area (Å²) >= 11 is 1.82. The van der Waals surface area contributed by atoms with E-state index in [1.165, 1.54) is 39.4 Å². The summed E-state index contributed by atoms with van der Waals surface area (Å²) in [6.07, 6.45) is 4.79. The maximum absolute atomic E-state index is 4.72. The lowest BCUT2D eigenvalue weighted by Gasteiger charge is -2.12. The first-order valence-electron chi connectivity index (χ1n) is 9.78. The van der Waals surface area contributed by atoms with Gasteiger partial charge >= 0.3 is 0 Å². The number of benzene rings is 2. The van der Waals surface area contributed by atoms with E-state index in [0.29, 0.717) is 0 Å². The van der Waals surface area contributed by atoms with Gasteiger partial charge < -0.3 is 0 Å². The van der Waals surface area contributed by atoms with Gasteiger partial charge in [-0.25, -0.2) is 9.97 Å². The molecule has 1 aliphatic carbocycles. The Hall–Kier alpha value is -2.79. The quantitative estimate of drug-likeness (QED) is 0.354. The summed E-state index contributed by atoms with van der Waals surface area (Å²) in [5.41, 5.74) is 6.78. The zero-order valence-corrected chi connectivity index (χ0v) is 16.9. The van der Waals surface area contributed by atoms with Gasteiger partial charge in [0.1, 0.15) is 10.7 Å². The fraction of sp³-hybridized carbons (Fsp3) is 0.261. The van der Waals surface area contributed by atoms with E-state index >= 15 is 0 Å². The number of nitrogens with zero attached hydrogens (tertiary/aromatic N) is 3. The summed E-state index contributed by atoms with van der Waals surface area (Å²) in [4.78, 5) is 11.9. The van der Waals surface area contributed by atoms with E-state index in [9.17, 15) is 0 Å². The molecule has 0 saturated heterocycles. The van der Waals surface area contributed by atoms with Crippen LogP contribution in [-0.4, -0.2) is 15.7 Å². The van der Waals surface area contributed by atoms with Crippen LogP contribution >= 0.6 is 11.3 Å². The Morgan fingerprint density at radius 3 is 2.79 bits per heavy atom. The standard InChI is InChI=1S/C23H22N4S/c1-14(17-12-7-9-16-8-3-4-10-18(16)17)26-27-22-21-19-11-5-6-13-20(19)28-23(21)25-15(2)24-22/h3-4,7-10,12H,5-6,11,13H2,1-2H3,(H,24,25,27)/b26-14+. The zero-order valence-electron chi connectivity index (χ0n) is 16.1. The van der Waals surface area contributed by atoms with E-state index in [4.69, 9.17) is 5.10 Å². The number of hydrazone groups is 1. The van der Waals surface area contributed by atoms with Crippen molar-refractivity contribution in [2.24, 2.45) is 5.10 Å². The molecule has 0 amide bonds. The minimum atomic E-state index is 0.784. The molecule has 0 spiro atoms. The minimum Gasteiger partial charge on any atom is -0.260 e. The van der Waals surface area contributed by atoms with Crippen LogP contribution in [-0.2, 0) is 12.8 Å². The van der Waals surface area contributed by atoms with Gasteiger partial charge in [0, 0.05) is 10.4 Å². The number of nitrogens with one attached hydrogen (secondary N) is 1. The molecular weight excluding hydrogens is 364 g/mol. The number of rotatable bonds is 3. The number of fused-ring (bicyclic) bond motifs is 4. The first kappa shape index (κ1) is 17.3. The smallest absolute Gasteiger partial charge is 0.159 e. The Labute approximate surface area is 168 Å². The maximum Gasteiger partial charge on any atom is 0.159 e. The maximum atomic E-state index is 4.72. The molecule has 1 N–H and O–H groups in total. The molecule has 0 aliphatic heterocycles. The summed E-state index contributed by atoms with van der Waals surface area (Å²) in [6, 6.07) is 14.8. The third-order valence-electron chi connectivity index (χ3n) is 5.44. The van der Waals surface area contributed by atoms with Crippen LogP contribution in [0.1, 0.15) is 41.6 Å². The number of anilines is 1. The van der Waals surface area contributed by atoms with Crippen molar-refractivity contribution in [2.45, 2.75) is 39.5 Å². The molecule has 4 nitrogen and oxygen atoms in total. The Balaban J connectivity index is 1.57. The molecule has 0 bridgehead atoms. The Bertz CT molecular complexity index is 1220. The fourth-order valence-electron chi connectivity index (χ4n) is 4.08. The van der Waals surface area contributed by atoms with Gasteiger partial charge in [0.25, 0.3) is 0 Å². The van der Waals surface area contributed by atoms with Crippen LogP contribution in [0.25, 0.3) is 21.0 Å². The summed E-state index contributed by atoms with van der Waals surface area (Å²) in [7, 11) is 0. The normalized spacial score (nSPS) is 14.4. The van der Waals surface area contributed by atoms with Gasteiger partial charge in [0.2, 0.25) is 0 Å². The van der Waals surface area contributed by atoms with Crippen molar-refractivity contribution < 1.29 is 0 Å². The first-order valence-corrected chi connectivity index (χ1v) is 10.6. The largest absolute Gasteiger partial charge is 0.260 e. The SMILES string of the molecule is C/C(=N\Nc1nc(C)nc2sc3c(c12)CCCC3)c1cccc2ccccc12. The van der Waals surface area contributed by atoms with Crippen molar-refractivity contribution in [1.82, 2.24) is 9.97 Å². The van der Waals surface area contributed by atoms with Gasteiger partial charge in [-0.1, -0.05) is 42.5 Å². The molecule has 0 atom stereocenters. The molecule has 2 aromatic heterocycles. The Morgan fingerprint density at radius 1 is 1.04 bits per heavy atom. The lowest BCUT2D eigenvalue weighted by atomic mass is 9.97. The van der Waals surface area contributed by atoms with Crippen LogP contribution in [0.5, 0.6) is 0 Å². The molecule has 4 aromatic rings. The predicted octanol–water partition coefficient (Wildman–Crippen LogP) is 5.87. The first-order chi connectivity index (χ1) is 13.7. The Kier molecular flexibility index (Phi) is 4.32. The topological polar surface area (TPSA) is 50.2 Å². The van der Waals surface area contributed by atoms with Crippen LogP contribution in [0.4, 0.5) is 5.82 Å². The number of thiophene rings is 1. The number of hydrogen-bond acceptors (Lipinski definition) is 5. The highest BCUT2D eigenvalue weighted by atomic mass is 32.1. The molecule has 28 heavy (non-hydrogen) atoms. The number of aryl methyl sites for hydroxylation is 3. The van der Waals surface area contributed by atoms with Crippen LogP contribution in [0, 0.1) is 6.92 Å². The van der Waals surface area contributed by atoms with Gasteiger partial charge in [-0.15, -0.1) is 11.3 Å². The second-order valence-electron chi connectivity index (χ2n) is 7.35. The number of aromatic nitrogens is 2. The van der Waals surface area contributed by atoms with Crippen molar-refractivity contribution in [3.63, 3.8) is 0 Å². The van der Waals surface area contributed by atoms with E-state index in [1.54, 1.807) is 0 Å². The Morgan fingerprint density at radius 2 is 1.86 bits per heavy atom. The van der Waals surface area contributed by atoms with Crippen molar-refractivity contribution in [2.75, 3.05) is 5.43 Å². The van der Waals surface area contributed by atoms with Crippen LogP contribution in [0.2, 0.25) is 0 Å². The van der Waals surface area contributed by atoms with Crippen LogP contribution < -0.4 is 5.43 Å². The lowest BCUT2D eigenvalue weighted by molar-refractivity contribution is 0.700. The van der Waals surface area contributed by atoms with Crippen molar-refractivity contribution in [1.29, 1.82) is 0 Å². The predicted molar refractivity (Wildman–Crippen MR) is 119 cm³/mol. The van der Waals surface area contributed by atoms with E-state index in [-0.39, 0.29) is 0 Å². The second-order valence-corrected chi connectivity index (χ2v) is 8.43. The average Bonchev–Trinajstić information content (AvgIpc) is 3.09. The van der Waals surface area contributed by atoms with Gasteiger partial charge in [-0.2, -0.15) is 5.10 Å². The summed E-state index contributed by atoms with van der Waals surface area (Å²) in [5.74, 6) is 1.62. The molecule has 0 saturated carbocycles. The van der Waals surface area contributed by atoms with Gasteiger partial charge in [0.05, 0.1) is 11.1 Å². The van der Waals surface area contributed by atoms with Gasteiger partial charge in [0.15, 0.2) is 5.82 Å². The molecule has 0 radical (unpaired) electrons. The summed E-state index contributed by atoms with van der Waals surface area (Å²) < 4.78 is 0.